The molecule has 1 amide bonds. The molecule has 158 valence electrons. The quantitative estimate of drug-likeness (QED) is 0.418. The van der Waals surface area contributed by atoms with Gasteiger partial charge in [0.1, 0.15) is 16.8 Å². The molecule has 1 aliphatic carbocycles. The molecule has 29 heavy (non-hydrogen) atoms. The summed E-state index contributed by atoms with van der Waals surface area (Å²) >= 11 is 0. The van der Waals surface area contributed by atoms with Crippen molar-refractivity contribution in [2.45, 2.75) is 51.9 Å². The van der Waals surface area contributed by atoms with Crippen LogP contribution in [0.2, 0.25) is 0 Å². The molecule has 0 spiro atoms. The fourth-order valence-corrected chi connectivity index (χ4v) is 3.00. The number of carbonyl (C=O) groups excluding carboxylic acids is 2. The highest BCUT2D eigenvalue weighted by molar-refractivity contribution is 5.93. The second-order valence-electron chi connectivity index (χ2n) is 7.77. The highest BCUT2D eigenvalue weighted by Crippen LogP contribution is 2.33. The van der Waals surface area contributed by atoms with Gasteiger partial charge in [0.15, 0.2) is 0 Å². The van der Waals surface area contributed by atoms with Gasteiger partial charge in [0.05, 0.1) is 12.3 Å². The minimum absolute atomic E-state index is 0.121. The second kappa shape index (κ2) is 10.2. The molecule has 1 fully saturated rings. The maximum atomic E-state index is 12.6. The Bertz CT molecular complexity index is 853. The zero-order valence-electron chi connectivity index (χ0n) is 17.9. The number of ether oxygens (including phenoxy) is 1. The summed E-state index contributed by atoms with van der Waals surface area (Å²) in [4.78, 5) is 32.6. The highest BCUT2D eigenvalue weighted by Gasteiger charge is 2.34. The Morgan fingerprint density at radius 2 is 2.07 bits per heavy atom. The van der Waals surface area contributed by atoms with Gasteiger partial charge < -0.3 is 15.0 Å². The summed E-state index contributed by atoms with van der Waals surface area (Å²) in [6, 6.07) is 5.41. The van der Waals surface area contributed by atoms with Crippen molar-refractivity contribution in [1.82, 2.24) is 14.7 Å². The Labute approximate surface area is 172 Å². The van der Waals surface area contributed by atoms with Crippen LogP contribution in [-0.2, 0) is 14.9 Å². The van der Waals surface area contributed by atoms with Crippen LogP contribution in [0.3, 0.4) is 0 Å². The van der Waals surface area contributed by atoms with Gasteiger partial charge >= 0.3 is 5.97 Å². The van der Waals surface area contributed by atoms with Crippen LogP contribution in [0, 0.1) is 5.92 Å². The van der Waals surface area contributed by atoms with E-state index in [4.69, 9.17) is 4.74 Å². The SMILES string of the molecule is C=NC.CCOC(=O)C(C)(C)c1cn2c(C(=O)NCCCC3CC3)cccc2n1. The van der Waals surface area contributed by atoms with Crippen molar-refractivity contribution < 1.29 is 14.3 Å². The molecule has 1 N–H and O–H groups in total. The molecule has 0 aromatic carbocycles. The van der Waals surface area contributed by atoms with Crippen LogP contribution in [0.4, 0.5) is 0 Å². The third-order valence-corrected chi connectivity index (χ3v) is 4.92. The number of esters is 1. The topological polar surface area (TPSA) is 85.1 Å². The lowest BCUT2D eigenvalue weighted by Crippen LogP contribution is -2.31. The average molecular weight is 401 g/mol. The summed E-state index contributed by atoms with van der Waals surface area (Å²) in [7, 11) is 1.64. The summed E-state index contributed by atoms with van der Waals surface area (Å²) in [5.41, 5.74) is 0.875. The number of carbonyl (C=O) groups is 2. The standard InChI is InChI=1S/C20H27N3O3.C2H5N/c1-4-26-19(25)20(2,3)16-13-23-15(8-5-9-17(23)22-16)18(24)21-12-6-7-14-10-11-14;1-3-2/h5,8-9,13-14H,4,6-7,10-12H2,1-3H3,(H,21,24);1H2,2H3. The predicted octanol–water partition coefficient (Wildman–Crippen LogP) is 3.41. The van der Waals surface area contributed by atoms with Crippen molar-refractivity contribution in [1.29, 1.82) is 0 Å². The van der Waals surface area contributed by atoms with Gasteiger partial charge in [-0.15, -0.1) is 0 Å². The number of aliphatic imine (C=N–C) groups is 1. The molecular weight excluding hydrogens is 368 g/mol. The number of aromatic nitrogens is 2. The van der Waals surface area contributed by atoms with E-state index in [1.54, 1.807) is 44.5 Å². The monoisotopic (exact) mass is 400 g/mol. The summed E-state index contributed by atoms with van der Waals surface area (Å²) in [6.45, 7) is 9.46. The van der Waals surface area contributed by atoms with E-state index in [1.807, 2.05) is 12.1 Å². The molecule has 7 heteroatoms. The van der Waals surface area contributed by atoms with Crippen LogP contribution in [0.1, 0.15) is 62.6 Å². The van der Waals surface area contributed by atoms with Crippen LogP contribution in [0.25, 0.3) is 5.65 Å². The van der Waals surface area contributed by atoms with E-state index in [1.165, 1.54) is 19.3 Å². The van der Waals surface area contributed by atoms with Gasteiger partial charge in [-0.2, -0.15) is 0 Å². The second-order valence-corrected chi connectivity index (χ2v) is 7.77. The number of nitrogens with one attached hydrogen (secondary N) is 1. The number of fused-ring (bicyclic) bond motifs is 1. The third kappa shape index (κ3) is 5.89. The molecule has 2 heterocycles. The third-order valence-electron chi connectivity index (χ3n) is 4.92. The molecule has 0 saturated heterocycles. The molecule has 3 rings (SSSR count). The van der Waals surface area contributed by atoms with E-state index in [2.05, 4.69) is 22.0 Å². The Kier molecular flexibility index (Phi) is 7.93. The maximum absolute atomic E-state index is 12.6. The molecule has 0 unspecified atom stereocenters. The Hall–Kier alpha value is -2.70. The molecular formula is C22H32N4O3. The summed E-state index contributed by atoms with van der Waals surface area (Å²) in [6.07, 6.45) is 6.62. The van der Waals surface area contributed by atoms with Gasteiger partial charge in [-0.1, -0.05) is 18.9 Å². The van der Waals surface area contributed by atoms with Gasteiger partial charge in [-0.3, -0.25) is 14.0 Å². The maximum Gasteiger partial charge on any atom is 0.317 e. The van der Waals surface area contributed by atoms with Crippen LogP contribution < -0.4 is 5.32 Å². The molecule has 2 aromatic rings. The number of amides is 1. The van der Waals surface area contributed by atoms with Crippen molar-refractivity contribution in [3.05, 3.63) is 35.8 Å². The zero-order valence-corrected chi connectivity index (χ0v) is 17.9. The summed E-state index contributed by atoms with van der Waals surface area (Å²) < 4.78 is 6.90. The average Bonchev–Trinajstić information content (AvgIpc) is 3.40. The van der Waals surface area contributed by atoms with Crippen molar-refractivity contribution >= 4 is 24.2 Å². The van der Waals surface area contributed by atoms with E-state index in [0.717, 1.165) is 12.3 Å². The first-order chi connectivity index (χ1) is 13.8. The Morgan fingerprint density at radius 1 is 1.38 bits per heavy atom. The first-order valence-electron chi connectivity index (χ1n) is 10.1. The number of pyridine rings is 1. The van der Waals surface area contributed by atoms with Crippen LogP contribution in [0.5, 0.6) is 0 Å². The smallest absolute Gasteiger partial charge is 0.317 e. The first-order valence-corrected chi connectivity index (χ1v) is 10.1. The molecule has 0 bridgehead atoms. The molecule has 2 aromatic heterocycles. The number of rotatable bonds is 8. The minimum Gasteiger partial charge on any atom is -0.465 e. The van der Waals surface area contributed by atoms with E-state index in [-0.39, 0.29) is 11.9 Å². The number of nitrogens with zero attached hydrogens (tertiary/aromatic N) is 3. The number of hydrogen-bond donors (Lipinski definition) is 1. The van der Waals surface area contributed by atoms with Crippen LogP contribution in [0.15, 0.2) is 29.4 Å². The van der Waals surface area contributed by atoms with Crippen molar-refractivity contribution in [2.75, 3.05) is 20.2 Å². The van der Waals surface area contributed by atoms with E-state index >= 15 is 0 Å². The van der Waals surface area contributed by atoms with Crippen molar-refractivity contribution in [2.24, 2.45) is 10.9 Å². The molecule has 1 saturated carbocycles. The Balaban J connectivity index is 0.000000941. The van der Waals surface area contributed by atoms with Crippen molar-refractivity contribution in [3.8, 4) is 0 Å². The van der Waals surface area contributed by atoms with Gasteiger partial charge in [0.25, 0.3) is 5.91 Å². The minimum atomic E-state index is -0.875. The Morgan fingerprint density at radius 3 is 2.69 bits per heavy atom. The van der Waals surface area contributed by atoms with Gasteiger partial charge in [0, 0.05) is 19.8 Å². The van der Waals surface area contributed by atoms with Gasteiger partial charge in [-0.25, -0.2) is 4.98 Å². The van der Waals surface area contributed by atoms with E-state index in [9.17, 15) is 9.59 Å². The lowest BCUT2D eigenvalue weighted by Gasteiger charge is -2.19. The van der Waals surface area contributed by atoms with Crippen LogP contribution in [-0.4, -0.2) is 48.2 Å². The molecule has 0 atom stereocenters. The largest absolute Gasteiger partial charge is 0.465 e. The first kappa shape index (κ1) is 22.6. The number of hydrogen-bond acceptors (Lipinski definition) is 5. The number of imidazole rings is 1. The van der Waals surface area contributed by atoms with E-state index in [0.29, 0.717) is 30.2 Å². The summed E-state index contributed by atoms with van der Waals surface area (Å²) in [5, 5.41) is 2.99. The fraction of sp³-hybridized carbons (Fsp3) is 0.545. The molecule has 0 radical (unpaired) electrons. The fourth-order valence-electron chi connectivity index (χ4n) is 3.00. The summed E-state index contributed by atoms with van der Waals surface area (Å²) in [5.74, 6) is 0.426. The molecule has 1 aliphatic rings. The van der Waals surface area contributed by atoms with Crippen LogP contribution >= 0.6 is 0 Å². The lowest BCUT2D eigenvalue weighted by atomic mass is 9.90. The highest BCUT2D eigenvalue weighted by atomic mass is 16.5. The molecule has 0 aliphatic heterocycles. The van der Waals surface area contributed by atoms with Gasteiger partial charge in [-0.05, 0) is 58.4 Å². The zero-order chi connectivity index (χ0) is 21.4. The predicted molar refractivity (Wildman–Crippen MR) is 115 cm³/mol. The van der Waals surface area contributed by atoms with Gasteiger partial charge in [0.2, 0.25) is 0 Å². The van der Waals surface area contributed by atoms with Crippen molar-refractivity contribution in [3.63, 3.8) is 0 Å². The normalized spacial score (nSPS) is 13.4. The van der Waals surface area contributed by atoms with E-state index < -0.39 is 5.41 Å². The lowest BCUT2D eigenvalue weighted by molar-refractivity contribution is -0.148. The molecule has 7 nitrogen and oxygen atoms in total.